The molecule has 4 heteroatoms. The van der Waals surface area contributed by atoms with E-state index in [1.165, 1.54) is 0 Å². The summed E-state index contributed by atoms with van der Waals surface area (Å²) in [5.74, 6) is 1.42. The third kappa shape index (κ3) is 3.74. The molecule has 0 aliphatic carbocycles. The van der Waals surface area contributed by atoms with Crippen LogP contribution in [0.15, 0.2) is 41.4 Å². The lowest BCUT2D eigenvalue weighted by Gasteiger charge is -2.26. The standard InChI is InChI=1S/C15H21N3O/c1-2-3-6-10-17-15(16)18-13-9-11-19-14-8-5-4-7-12(13)14/h3-8,13H,2,9-11H2,1H3,(H3,16,17,18)/b6-3+. The predicted molar refractivity (Wildman–Crippen MR) is 78.4 cm³/mol. The highest BCUT2D eigenvalue weighted by Crippen LogP contribution is 2.31. The molecule has 1 aliphatic rings. The molecule has 1 aliphatic heterocycles. The molecule has 3 N–H and O–H groups in total. The van der Waals surface area contributed by atoms with Crippen LogP contribution in [-0.2, 0) is 0 Å². The van der Waals surface area contributed by atoms with E-state index in [1.54, 1.807) is 0 Å². The monoisotopic (exact) mass is 259 g/mol. The van der Waals surface area contributed by atoms with Crippen LogP contribution in [0.1, 0.15) is 31.4 Å². The molecular weight excluding hydrogens is 238 g/mol. The smallest absolute Gasteiger partial charge is 0.189 e. The number of benzene rings is 1. The summed E-state index contributed by atoms with van der Waals surface area (Å²) in [4.78, 5) is 4.28. The second kappa shape index (κ2) is 6.83. The molecule has 1 aromatic rings. The van der Waals surface area contributed by atoms with Crippen LogP contribution in [-0.4, -0.2) is 19.1 Å². The SMILES string of the molecule is CC/C=C/CN=C(N)NC1CCOc2ccccc21. The lowest BCUT2D eigenvalue weighted by atomic mass is 10.0. The minimum absolute atomic E-state index is 0.184. The summed E-state index contributed by atoms with van der Waals surface area (Å²) in [7, 11) is 0. The van der Waals surface area contributed by atoms with E-state index in [4.69, 9.17) is 10.5 Å². The van der Waals surface area contributed by atoms with Crippen molar-refractivity contribution in [3.63, 3.8) is 0 Å². The highest BCUT2D eigenvalue weighted by Gasteiger charge is 2.20. The maximum Gasteiger partial charge on any atom is 0.189 e. The van der Waals surface area contributed by atoms with Gasteiger partial charge in [0.25, 0.3) is 0 Å². The van der Waals surface area contributed by atoms with Gasteiger partial charge in [0.15, 0.2) is 5.96 Å². The number of aliphatic imine (C=N–C) groups is 1. The average molecular weight is 259 g/mol. The van der Waals surface area contributed by atoms with Crippen molar-refractivity contribution in [2.45, 2.75) is 25.8 Å². The Morgan fingerprint density at radius 2 is 2.32 bits per heavy atom. The number of hydrogen-bond donors (Lipinski definition) is 2. The summed E-state index contributed by atoms with van der Waals surface area (Å²) in [6, 6.07) is 8.23. The Balaban J connectivity index is 1.98. The zero-order valence-electron chi connectivity index (χ0n) is 11.3. The van der Waals surface area contributed by atoms with Gasteiger partial charge in [-0.25, -0.2) is 4.99 Å². The molecule has 0 saturated carbocycles. The molecule has 0 fully saturated rings. The van der Waals surface area contributed by atoms with Gasteiger partial charge >= 0.3 is 0 Å². The molecule has 0 spiro atoms. The van der Waals surface area contributed by atoms with Crippen LogP contribution in [0.4, 0.5) is 0 Å². The molecule has 0 aromatic heterocycles. The Morgan fingerprint density at radius 3 is 3.16 bits per heavy atom. The highest BCUT2D eigenvalue weighted by atomic mass is 16.5. The molecule has 1 unspecified atom stereocenters. The quantitative estimate of drug-likeness (QED) is 0.496. The Hall–Kier alpha value is -1.97. The Kier molecular flexibility index (Phi) is 4.84. The van der Waals surface area contributed by atoms with Crippen molar-refractivity contribution in [1.29, 1.82) is 0 Å². The first-order valence-corrected chi connectivity index (χ1v) is 6.74. The van der Waals surface area contributed by atoms with Crippen LogP contribution in [0.3, 0.4) is 0 Å². The molecule has 19 heavy (non-hydrogen) atoms. The number of ether oxygens (including phenoxy) is 1. The minimum Gasteiger partial charge on any atom is -0.493 e. The fourth-order valence-electron chi connectivity index (χ4n) is 2.11. The summed E-state index contributed by atoms with van der Waals surface area (Å²) < 4.78 is 5.62. The number of nitrogens with two attached hydrogens (primary N) is 1. The Morgan fingerprint density at radius 1 is 1.47 bits per heavy atom. The van der Waals surface area contributed by atoms with Crippen molar-refractivity contribution in [2.75, 3.05) is 13.2 Å². The molecule has 1 aromatic carbocycles. The largest absolute Gasteiger partial charge is 0.493 e. The number of rotatable bonds is 4. The molecule has 0 bridgehead atoms. The second-order valence-corrected chi connectivity index (χ2v) is 4.48. The van der Waals surface area contributed by atoms with Crippen molar-refractivity contribution in [3.8, 4) is 5.75 Å². The van der Waals surface area contributed by atoms with Gasteiger partial charge in [0.1, 0.15) is 5.75 Å². The Labute approximate surface area is 114 Å². The molecule has 0 amide bonds. The van der Waals surface area contributed by atoms with Crippen molar-refractivity contribution in [2.24, 2.45) is 10.7 Å². The third-order valence-corrected chi connectivity index (χ3v) is 3.05. The van der Waals surface area contributed by atoms with E-state index >= 15 is 0 Å². The lowest BCUT2D eigenvalue weighted by molar-refractivity contribution is 0.262. The number of allylic oxidation sites excluding steroid dienone is 1. The summed E-state index contributed by atoms with van der Waals surface area (Å²) in [5, 5.41) is 3.27. The zero-order valence-corrected chi connectivity index (χ0v) is 11.3. The first-order chi connectivity index (χ1) is 9.31. The second-order valence-electron chi connectivity index (χ2n) is 4.48. The maximum absolute atomic E-state index is 5.91. The summed E-state index contributed by atoms with van der Waals surface area (Å²) >= 11 is 0. The minimum atomic E-state index is 0.184. The molecular formula is C15H21N3O. The van der Waals surface area contributed by atoms with E-state index in [0.717, 1.165) is 24.2 Å². The topological polar surface area (TPSA) is 59.6 Å². The molecule has 102 valence electrons. The van der Waals surface area contributed by atoms with E-state index in [0.29, 0.717) is 19.1 Å². The summed E-state index contributed by atoms with van der Waals surface area (Å²) in [6.45, 7) is 3.43. The number of fused-ring (bicyclic) bond motifs is 1. The van der Waals surface area contributed by atoms with Gasteiger partial charge in [-0.15, -0.1) is 0 Å². The van der Waals surface area contributed by atoms with Gasteiger partial charge in [-0.1, -0.05) is 37.3 Å². The van der Waals surface area contributed by atoms with Gasteiger partial charge in [-0.05, 0) is 12.5 Å². The van der Waals surface area contributed by atoms with Gasteiger partial charge in [0, 0.05) is 12.0 Å². The van der Waals surface area contributed by atoms with Gasteiger partial charge in [0.05, 0.1) is 19.2 Å². The Bertz CT molecular complexity index is 468. The molecule has 4 nitrogen and oxygen atoms in total. The van der Waals surface area contributed by atoms with Gasteiger partial charge < -0.3 is 15.8 Å². The lowest BCUT2D eigenvalue weighted by Crippen LogP contribution is -2.37. The fourth-order valence-corrected chi connectivity index (χ4v) is 2.11. The number of nitrogens with one attached hydrogen (secondary N) is 1. The van der Waals surface area contributed by atoms with Gasteiger partial charge in [0.2, 0.25) is 0 Å². The van der Waals surface area contributed by atoms with Crippen LogP contribution >= 0.6 is 0 Å². The first kappa shape index (κ1) is 13.5. The third-order valence-electron chi connectivity index (χ3n) is 3.05. The van der Waals surface area contributed by atoms with Crippen LogP contribution in [0.25, 0.3) is 0 Å². The molecule has 0 radical (unpaired) electrons. The number of nitrogens with zero attached hydrogens (tertiary/aromatic N) is 1. The van der Waals surface area contributed by atoms with Crippen molar-refractivity contribution in [3.05, 3.63) is 42.0 Å². The van der Waals surface area contributed by atoms with E-state index in [1.807, 2.05) is 24.3 Å². The zero-order chi connectivity index (χ0) is 13.5. The van der Waals surface area contributed by atoms with Gasteiger partial charge in [-0.2, -0.15) is 0 Å². The maximum atomic E-state index is 5.91. The fraction of sp³-hybridized carbons (Fsp3) is 0.400. The van der Waals surface area contributed by atoms with Crippen molar-refractivity contribution in [1.82, 2.24) is 5.32 Å². The number of guanidine groups is 1. The van der Waals surface area contributed by atoms with Crippen molar-refractivity contribution >= 4 is 5.96 Å². The van der Waals surface area contributed by atoms with E-state index < -0.39 is 0 Å². The first-order valence-electron chi connectivity index (χ1n) is 6.74. The van der Waals surface area contributed by atoms with Crippen LogP contribution in [0, 0.1) is 0 Å². The molecule has 1 atom stereocenters. The highest BCUT2D eigenvalue weighted by molar-refractivity contribution is 5.78. The van der Waals surface area contributed by atoms with Crippen LogP contribution < -0.4 is 15.8 Å². The number of para-hydroxylation sites is 1. The van der Waals surface area contributed by atoms with Gasteiger partial charge in [-0.3, -0.25) is 0 Å². The normalized spacial score (nSPS) is 19.0. The molecule has 0 saturated heterocycles. The van der Waals surface area contributed by atoms with Crippen LogP contribution in [0.5, 0.6) is 5.75 Å². The summed E-state index contributed by atoms with van der Waals surface area (Å²) in [5.41, 5.74) is 7.06. The average Bonchev–Trinajstić information content (AvgIpc) is 2.44. The molecule has 1 heterocycles. The van der Waals surface area contributed by atoms with E-state index in [2.05, 4.69) is 29.4 Å². The van der Waals surface area contributed by atoms with Crippen molar-refractivity contribution < 1.29 is 4.74 Å². The summed E-state index contributed by atoms with van der Waals surface area (Å²) in [6.07, 6.45) is 6.03. The molecule has 2 rings (SSSR count). The van der Waals surface area contributed by atoms with E-state index in [9.17, 15) is 0 Å². The van der Waals surface area contributed by atoms with E-state index in [-0.39, 0.29) is 6.04 Å². The predicted octanol–water partition coefficient (Wildman–Crippen LogP) is 2.38. The van der Waals surface area contributed by atoms with Crippen LogP contribution in [0.2, 0.25) is 0 Å². The number of hydrogen-bond acceptors (Lipinski definition) is 2.